The molecule has 2 aromatic rings. The minimum atomic E-state index is -0.211. The Balaban J connectivity index is 2.16. The van der Waals surface area contributed by atoms with Gasteiger partial charge in [0.15, 0.2) is 0 Å². The summed E-state index contributed by atoms with van der Waals surface area (Å²) in [6.45, 7) is 0.650. The second kappa shape index (κ2) is 6.36. The molecule has 4 heteroatoms. The van der Waals surface area contributed by atoms with Crippen molar-refractivity contribution in [2.75, 3.05) is 6.54 Å². The molecular formula is C14H13BrFNS. The van der Waals surface area contributed by atoms with E-state index in [9.17, 15) is 4.39 Å². The van der Waals surface area contributed by atoms with E-state index in [1.165, 1.54) is 17.7 Å². The Labute approximate surface area is 119 Å². The highest BCUT2D eigenvalue weighted by Crippen LogP contribution is 2.34. The Morgan fingerprint density at radius 1 is 1.11 bits per heavy atom. The third-order valence-electron chi connectivity index (χ3n) is 2.47. The largest absolute Gasteiger partial charge is 0.330 e. The van der Waals surface area contributed by atoms with Crippen LogP contribution in [0.4, 0.5) is 4.39 Å². The molecule has 0 amide bonds. The first-order valence-corrected chi connectivity index (χ1v) is 7.22. The van der Waals surface area contributed by atoms with Gasteiger partial charge in [-0.1, -0.05) is 17.8 Å². The third kappa shape index (κ3) is 3.57. The molecule has 1 nitrogen and oxygen atoms in total. The van der Waals surface area contributed by atoms with E-state index in [0.29, 0.717) is 6.54 Å². The van der Waals surface area contributed by atoms with Crippen LogP contribution in [0.1, 0.15) is 5.56 Å². The lowest BCUT2D eigenvalue weighted by molar-refractivity contribution is 0.626. The molecule has 2 rings (SSSR count). The first-order chi connectivity index (χ1) is 8.69. The number of hydrogen-bond acceptors (Lipinski definition) is 2. The van der Waals surface area contributed by atoms with Crippen molar-refractivity contribution in [2.24, 2.45) is 5.73 Å². The van der Waals surface area contributed by atoms with Crippen LogP contribution >= 0.6 is 27.7 Å². The maximum Gasteiger partial charge on any atom is 0.123 e. The van der Waals surface area contributed by atoms with Gasteiger partial charge in [0.2, 0.25) is 0 Å². The van der Waals surface area contributed by atoms with Crippen LogP contribution in [0, 0.1) is 5.82 Å². The first kappa shape index (κ1) is 13.6. The lowest BCUT2D eigenvalue weighted by atomic mass is 10.2. The van der Waals surface area contributed by atoms with E-state index in [2.05, 4.69) is 34.1 Å². The summed E-state index contributed by atoms with van der Waals surface area (Å²) in [7, 11) is 0. The molecule has 0 saturated heterocycles. The summed E-state index contributed by atoms with van der Waals surface area (Å²) in [6, 6.07) is 12.7. The Bertz CT molecular complexity index is 528. The Morgan fingerprint density at radius 3 is 2.44 bits per heavy atom. The first-order valence-electron chi connectivity index (χ1n) is 5.61. The van der Waals surface area contributed by atoms with Crippen LogP contribution in [0.2, 0.25) is 0 Å². The van der Waals surface area contributed by atoms with E-state index in [1.807, 2.05) is 0 Å². The van der Waals surface area contributed by atoms with Crippen molar-refractivity contribution < 1.29 is 4.39 Å². The van der Waals surface area contributed by atoms with Crippen molar-refractivity contribution in [3.8, 4) is 0 Å². The van der Waals surface area contributed by atoms with E-state index >= 15 is 0 Å². The third-order valence-corrected chi connectivity index (χ3v) is 4.47. The summed E-state index contributed by atoms with van der Waals surface area (Å²) >= 11 is 5.16. The molecule has 0 heterocycles. The zero-order valence-electron chi connectivity index (χ0n) is 9.70. The van der Waals surface area contributed by atoms with E-state index in [4.69, 9.17) is 5.73 Å². The monoisotopic (exact) mass is 325 g/mol. The molecule has 0 bridgehead atoms. The SMILES string of the molecule is NCCc1ccc(Sc2ccc(F)cc2)c(Br)c1. The van der Waals surface area contributed by atoms with Gasteiger partial charge in [0, 0.05) is 14.3 Å². The highest BCUT2D eigenvalue weighted by atomic mass is 79.9. The fourth-order valence-corrected chi connectivity index (χ4v) is 3.07. The minimum Gasteiger partial charge on any atom is -0.330 e. The van der Waals surface area contributed by atoms with Gasteiger partial charge >= 0.3 is 0 Å². The van der Waals surface area contributed by atoms with Crippen molar-refractivity contribution in [1.82, 2.24) is 0 Å². The molecule has 0 aromatic heterocycles. The van der Waals surface area contributed by atoms with Gasteiger partial charge in [0.05, 0.1) is 0 Å². The highest BCUT2D eigenvalue weighted by molar-refractivity contribution is 9.10. The average Bonchev–Trinajstić information content (AvgIpc) is 2.36. The molecule has 2 N–H and O–H groups in total. The highest BCUT2D eigenvalue weighted by Gasteiger charge is 2.04. The van der Waals surface area contributed by atoms with Gasteiger partial charge in [-0.3, -0.25) is 0 Å². The Kier molecular flexibility index (Phi) is 4.80. The summed E-state index contributed by atoms with van der Waals surface area (Å²) in [5, 5.41) is 0. The molecule has 0 atom stereocenters. The van der Waals surface area contributed by atoms with E-state index < -0.39 is 0 Å². The van der Waals surface area contributed by atoms with Crippen LogP contribution in [0.15, 0.2) is 56.7 Å². The Hall–Kier alpha value is -0.840. The molecule has 94 valence electrons. The van der Waals surface area contributed by atoms with E-state index in [-0.39, 0.29) is 5.82 Å². The average molecular weight is 326 g/mol. The smallest absolute Gasteiger partial charge is 0.123 e. The summed E-state index contributed by atoms with van der Waals surface area (Å²) in [6.07, 6.45) is 0.875. The predicted octanol–water partition coefficient (Wildman–Crippen LogP) is 4.24. The van der Waals surface area contributed by atoms with Gasteiger partial charge in [0.25, 0.3) is 0 Å². The van der Waals surface area contributed by atoms with Crippen LogP contribution in [-0.2, 0) is 6.42 Å². The molecule has 0 unspecified atom stereocenters. The second-order valence-corrected chi connectivity index (χ2v) is 5.83. The fourth-order valence-electron chi connectivity index (χ4n) is 1.58. The zero-order chi connectivity index (χ0) is 13.0. The summed E-state index contributed by atoms with van der Waals surface area (Å²) in [5.41, 5.74) is 6.75. The molecule has 0 fully saturated rings. The molecule has 0 aliphatic rings. The molecule has 0 spiro atoms. The standard InChI is InChI=1S/C14H13BrFNS/c15-13-9-10(7-8-17)1-6-14(13)18-12-4-2-11(16)3-5-12/h1-6,9H,7-8,17H2. The van der Waals surface area contributed by atoms with E-state index in [1.54, 1.807) is 23.9 Å². The van der Waals surface area contributed by atoms with Crippen LogP contribution in [0.5, 0.6) is 0 Å². The molecule has 0 aliphatic heterocycles. The van der Waals surface area contributed by atoms with Gasteiger partial charge in [-0.15, -0.1) is 0 Å². The van der Waals surface area contributed by atoms with Crippen LogP contribution in [-0.4, -0.2) is 6.54 Å². The summed E-state index contributed by atoms with van der Waals surface area (Å²) in [4.78, 5) is 2.13. The zero-order valence-corrected chi connectivity index (χ0v) is 12.1. The fraction of sp³-hybridized carbons (Fsp3) is 0.143. The quantitative estimate of drug-likeness (QED) is 0.909. The van der Waals surface area contributed by atoms with Crippen molar-refractivity contribution >= 4 is 27.7 Å². The molecule has 18 heavy (non-hydrogen) atoms. The van der Waals surface area contributed by atoms with Crippen molar-refractivity contribution in [3.05, 3.63) is 58.3 Å². The van der Waals surface area contributed by atoms with Crippen molar-refractivity contribution in [1.29, 1.82) is 0 Å². The number of hydrogen-bond donors (Lipinski definition) is 1. The van der Waals surface area contributed by atoms with Crippen molar-refractivity contribution in [2.45, 2.75) is 16.2 Å². The van der Waals surface area contributed by atoms with Gasteiger partial charge < -0.3 is 5.73 Å². The van der Waals surface area contributed by atoms with Gasteiger partial charge in [-0.05, 0) is 70.9 Å². The van der Waals surface area contributed by atoms with E-state index in [0.717, 1.165) is 20.7 Å². The maximum atomic E-state index is 12.8. The molecule has 0 aliphatic carbocycles. The normalized spacial score (nSPS) is 10.6. The minimum absolute atomic E-state index is 0.211. The number of rotatable bonds is 4. The molecule has 2 aromatic carbocycles. The Morgan fingerprint density at radius 2 is 1.83 bits per heavy atom. The van der Waals surface area contributed by atoms with Gasteiger partial charge in [-0.2, -0.15) is 0 Å². The van der Waals surface area contributed by atoms with Crippen molar-refractivity contribution in [3.63, 3.8) is 0 Å². The van der Waals surface area contributed by atoms with Crippen LogP contribution in [0.25, 0.3) is 0 Å². The lowest BCUT2D eigenvalue weighted by Gasteiger charge is -2.06. The van der Waals surface area contributed by atoms with Crippen LogP contribution < -0.4 is 5.73 Å². The maximum absolute atomic E-state index is 12.8. The van der Waals surface area contributed by atoms with Gasteiger partial charge in [-0.25, -0.2) is 4.39 Å². The molecule has 0 saturated carbocycles. The predicted molar refractivity (Wildman–Crippen MR) is 77.4 cm³/mol. The number of nitrogens with two attached hydrogens (primary N) is 1. The van der Waals surface area contributed by atoms with Gasteiger partial charge in [0.1, 0.15) is 5.82 Å². The molecular weight excluding hydrogens is 313 g/mol. The lowest BCUT2D eigenvalue weighted by Crippen LogP contribution is -2.02. The topological polar surface area (TPSA) is 26.0 Å². The number of benzene rings is 2. The van der Waals surface area contributed by atoms with Crippen LogP contribution in [0.3, 0.4) is 0 Å². The number of halogens is 2. The summed E-state index contributed by atoms with van der Waals surface area (Å²) < 4.78 is 13.9. The second-order valence-electron chi connectivity index (χ2n) is 3.86. The molecule has 0 radical (unpaired) electrons. The summed E-state index contributed by atoms with van der Waals surface area (Å²) in [5.74, 6) is -0.211.